The molecule has 3 nitrogen and oxygen atoms in total. The first kappa shape index (κ1) is 8.84. The first-order valence-electron chi connectivity index (χ1n) is 4.14. The van der Waals surface area contributed by atoms with Gasteiger partial charge in [0.05, 0.1) is 6.61 Å². The summed E-state index contributed by atoms with van der Waals surface area (Å²) in [5, 5.41) is 2.95. The van der Waals surface area contributed by atoms with Crippen molar-refractivity contribution in [2.45, 2.75) is 13.3 Å². The summed E-state index contributed by atoms with van der Waals surface area (Å²) in [6.07, 6.45) is 1.01. The number of pyridine rings is 1. The third kappa shape index (κ3) is 2.42. The van der Waals surface area contributed by atoms with E-state index in [2.05, 4.69) is 17.2 Å². The van der Waals surface area contributed by atoms with Crippen molar-refractivity contribution in [2.24, 2.45) is 0 Å². The Morgan fingerprint density at radius 3 is 3.00 bits per heavy atom. The molecule has 1 aromatic heterocycles. The van der Waals surface area contributed by atoms with Gasteiger partial charge in [-0.25, -0.2) is 0 Å². The highest BCUT2D eigenvalue weighted by molar-refractivity contribution is 5.35. The van der Waals surface area contributed by atoms with Gasteiger partial charge >= 0.3 is 0 Å². The molecular formula is C9H14N2O. The lowest BCUT2D eigenvalue weighted by molar-refractivity contribution is 0.306. The summed E-state index contributed by atoms with van der Waals surface area (Å²) in [4.78, 5) is 4.20. The van der Waals surface area contributed by atoms with Crippen LogP contribution in [0.3, 0.4) is 0 Å². The van der Waals surface area contributed by atoms with E-state index in [-0.39, 0.29) is 0 Å². The third-order valence-corrected chi connectivity index (χ3v) is 1.43. The molecule has 0 saturated heterocycles. The van der Waals surface area contributed by atoms with Crippen LogP contribution in [-0.2, 0) is 0 Å². The second-order valence-electron chi connectivity index (χ2n) is 2.46. The van der Waals surface area contributed by atoms with Crippen LogP contribution in [0.25, 0.3) is 0 Å². The van der Waals surface area contributed by atoms with E-state index in [0.29, 0.717) is 5.88 Å². The fraction of sp³-hybridized carbons (Fsp3) is 0.444. The molecule has 0 radical (unpaired) electrons. The predicted octanol–water partition coefficient (Wildman–Crippen LogP) is 1.91. The van der Waals surface area contributed by atoms with Crippen LogP contribution >= 0.6 is 0 Å². The lowest BCUT2D eigenvalue weighted by Crippen LogP contribution is -1.99. The van der Waals surface area contributed by atoms with Crippen molar-refractivity contribution < 1.29 is 4.74 Å². The molecule has 3 heteroatoms. The minimum atomic E-state index is 0.684. The largest absolute Gasteiger partial charge is 0.478 e. The van der Waals surface area contributed by atoms with Gasteiger partial charge in [-0.15, -0.1) is 0 Å². The van der Waals surface area contributed by atoms with Crippen molar-refractivity contribution in [3.63, 3.8) is 0 Å². The van der Waals surface area contributed by atoms with E-state index in [1.165, 1.54) is 0 Å². The molecule has 0 atom stereocenters. The standard InChI is InChI=1S/C9H14N2O/c1-3-7-12-9-6-4-5-8(10-2)11-9/h4-6H,3,7H2,1-2H3,(H,10,11). The van der Waals surface area contributed by atoms with Gasteiger partial charge in [0, 0.05) is 13.1 Å². The van der Waals surface area contributed by atoms with Crippen LogP contribution in [0.1, 0.15) is 13.3 Å². The minimum absolute atomic E-state index is 0.684. The van der Waals surface area contributed by atoms with Crippen LogP contribution in [0, 0.1) is 0 Å². The molecule has 0 fully saturated rings. The Kier molecular flexibility index (Phi) is 3.38. The van der Waals surface area contributed by atoms with Crippen molar-refractivity contribution in [3.8, 4) is 5.88 Å². The van der Waals surface area contributed by atoms with Crippen molar-refractivity contribution in [1.82, 2.24) is 4.98 Å². The summed E-state index contributed by atoms with van der Waals surface area (Å²) >= 11 is 0. The smallest absolute Gasteiger partial charge is 0.215 e. The summed E-state index contributed by atoms with van der Waals surface area (Å²) in [6, 6.07) is 5.68. The summed E-state index contributed by atoms with van der Waals surface area (Å²) in [6.45, 7) is 2.79. The van der Waals surface area contributed by atoms with Crippen LogP contribution in [0.15, 0.2) is 18.2 Å². The Bertz CT molecular complexity index is 238. The van der Waals surface area contributed by atoms with E-state index >= 15 is 0 Å². The molecule has 0 aliphatic carbocycles. The van der Waals surface area contributed by atoms with Crippen LogP contribution in [0.4, 0.5) is 5.82 Å². The molecular weight excluding hydrogens is 152 g/mol. The van der Waals surface area contributed by atoms with E-state index in [1.54, 1.807) is 0 Å². The molecule has 0 aromatic carbocycles. The molecule has 1 rings (SSSR count). The summed E-state index contributed by atoms with van der Waals surface area (Å²) < 4.78 is 5.35. The highest BCUT2D eigenvalue weighted by atomic mass is 16.5. The summed E-state index contributed by atoms with van der Waals surface area (Å²) in [5.74, 6) is 1.52. The lowest BCUT2D eigenvalue weighted by atomic mass is 10.4. The first-order chi connectivity index (χ1) is 5.86. The van der Waals surface area contributed by atoms with Crippen LogP contribution in [0.5, 0.6) is 5.88 Å². The molecule has 0 saturated carbocycles. The first-order valence-corrected chi connectivity index (χ1v) is 4.14. The average molecular weight is 166 g/mol. The van der Waals surface area contributed by atoms with Gasteiger partial charge in [0.15, 0.2) is 0 Å². The maximum atomic E-state index is 5.35. The summed E-state index contributed by atoms with van der Waals surface area (Å²) in [7, 11) is 1.84. The van der Waals surface area contributed by atoms with E-state index in [1.807, 2.05) is 25.2 Å². The van der Waals surface area contributed by atoms with Gasteiger partial charge in [-0.1, -0.05) is 13.0 Å². The lowest BCUT2D eigenvalue weighted by Gasteiger charge is -2.04. The molecule has 1 heterocycles. The number of aromatic nitrogens is 1. The van der Waals surface area contributed by atoms with Gasteiger partial charge in [-0.2, -0.15) is 4.98 Å². The molecule has 1 N–H and O–H groups in total. The molecule has 66 valence electrons. The number of anilines is 1. The number of nitrogens with one attached hydrogen (secondary N) is 1. The third-order valence-electron chi connectivity index (χ3n) is 1.43. The van der Waals surface area contributed by atoms with Crippen molar-refractivity contribution >= 4 is 5.82 Å². The number of nitrogens with zero attached hydrogens (tertiary/aromatic N) is 1. The van der Waals surface area contributed by atoms with Gasteiger partial charge in [-0.05, 0) is 12.5 Å². The number of hydrogen-bond donors (Lipinski definition) is 1. The van der Waals surface area contributed by atoms with Crippen molar-refractivity contribution in [3.05, 3.63) is 18.2 Å². The van der Waals surface area contributed by atoms with E-state index in [4.69, 9.17) is 4.74 Å². The highest BCUT2D eigenvalue weighted by Gasteiger charge is 1.94. The number of rotatable bonds is 4. The fourth-order valence-corrected chi connectivity index (χ4v) is 0.841. The summed E-state index contributed by atoms with van der Waals surface area (Å²) in [5.41, 5.74) is 0. The zero-order chi connectivity index (χ0) is 8.81. The Labute approximate surface area is 72.8 Å². The zero-order valence-electron chi connectivity index (χ0n) is 7.50. The monoisotopic (exact) mass is 166 g/mol. The number of hydrogen-bond acceptors (Lipinski definition) is 3. The fourth-order valence-electron chi connectivity index (χ4n) is 0.841. The zero-order valence-corrected chi connectivity index (χ0v) is 7.50. The maximum Gasteiger partial charge on any atom is 0.215 e. The van der Waals surface area contributed by atoms with Gasteiger partial charge in [0.2, 0.25) is 5.88 Å². The highest BCUT2D eigenvalue weighted by Crippen LogP contribution is 2.10. The molecule has 0 unspecified atom stereocenters. The van der Waals surface area contributed by atoms with Crippen molar-refractivity contribution in [2.75, 3.05) is 19.0 Å². The predicted molar refractivity (Wildman–Crippen MR) is 49.6 cm³/mol. The molecule has 0 aliphatic heterocycles. The minimum Gasteiger partial charge on any atom is -0.478 e. The van der Waals surface area contributed by atoms with Crippen LogP contribution in [-0.4, -0.2) is 18.6 Å². The Morgan fingerprint density at radius 2 is 2.33 bits per heavy atom. The van der Waals surface area contributed by atoms with Gasteiger partial charge < -0.3 is 10.1 Å². The molecule has 0 amide bonds. The quantitative estimate of drug-likeness (QED) is 0.742. The maximum absolute atomic E-state index is 5.35. The second kappa shape index (κ2) is 4.59. The molecule has 0 bridgehead atoms. The van der Waals surface area contributed by atoms with Crippen LogP contribution in [0.2, 0.25) is 0 Å². The Balaban J connectivity index is 2.60. The molecule has 1 aromatic rings. The molecule has 0 spiro atoms. The Hall–Kier alpha value is -1.25. The van der Waals surface area contributed by atoms with Crippen molar-refractivity contribution in [1.29, 1.82) is 0 Å². The van der Waals surface area contributed by atoms with E-state index < -0.39 is 0 Å². The number of ether oxygens (including phenoxy) is 1. The van der Waals surface area contributed by atoms with Crippen LogP contribution < -0.4 is 10.1 Å². The van der Waals surface area contributed by atoms with E-state index in [0.717, 1.165) is 18.8 Å². The Morgan fingerprint density at radius 1 is 1.50 bits per heavy atom. The molecule has 12 heavy (non-hydrogen) atoms. The van der Waals surface area contributed by atoms with Gasteiger partial charge in [-0.3, -0.25) is 0 Å². The normalized spacial score (nSPS) is 9.50. The average Bonchev–Trinajstić information content (AvgIpc) is 2.15. The SMILES string of the molecule is CCCOc1cccc(NC)n1. The second-order valence-corrected chi connectivity index (χ2v) is 2.46. The van der Waals surface area contributed by atoms with E-state index in [9.17, 15) is 0 Å². The van der Waals surface area contributed by atoms with Gasteiger partial charge in [0.25, 0.3) is 0 Å². The van der Waals surface area contributed by atoms with Gasteiger partial charge in [0.1, 0.15) is 5.82 Å². The topological polar surface area (TPSA) is 34.1 Å². The molecule has 0 aliphatic rings.